The molecule has 0 fully saturated rings. The lowest BCUT2D eigenvalue weighted by molar-refractivity contribution is -0.138. The van der Waals surface area contributed by atoms with Gasteiger partial charge in [0.2, 0.25) is 11.7 Å². The molecule has 0 aliphatic rings. The highest BCUT2D eigenvalue weighted by Gasteiger charge is 2.35. The number of unbranched alkanes of at least 4 members (excludes halogenated alkanes) is 6. The highest BCUT2D eigenvalue weighted by Crippen LogP contribution is 2.38. The quantitative estimate of drug-likeness (QED) is 0.188. The molecule has 0 aliphatic heterocycles. The van der Waals surface area contributed by atoms with Crippen LogP contribution < -0.4 is 4.74 Å². The maximum atomic E-state index is 13.6. The monoisotopic (exact) mass is 508 g/mol. The first-order valence-corrected chi connectivity index (χ1v) is 13.3. The minimum atomic E-state index is -4.52. The van der Waals surface area contributed by atoms with Crippen LogP contribution in [0.25, 0.3) is 11.4 Å². The van der Waals surface area contributed by atoms with E-state index in [-0.39, 0.29) is 29.7 Å². The average Bonchev–Trinajstić information content (AvgIpc) is 3.36. The second kappa shape index (κ2) is 17.1. The number of aromatic nitrogens is 2. The summed E-state index contributed by atoms with van der Waals surface area (Å²) in [5, 5.41) is 3.89. The molecule has 1 aromatic carbocycles. The first-order valence-electron chi connectivity index (χ1n) is 13.3. The number of benzene rings is 1. The summed E-state index contributed by atoms with van der Waals surface area (Å²) in [5.41, 5.74) is -0.539. The van der Waals surface area contributed by atoms with Crippen molar-refractivity contribution in [3.63, 3.8) is 0 Å². The first kappa shape index (κ1) is 31.5. The SMILES string of the molecule is C#CC(C)CC.CCCCCCCCOc1ccc(-c2noc(C(C)CCCC)n2)cc1C(F)(F)F. The van der Waals surface area contributed by atoms with Gasteiger partial charge in [0.1, 0.15) is 5.75 Å². The maximum absolute atomic E-state index is 13.6. The van der Waals surface area contributed by atoms with Gasteiger partial charge in [0, 0.05) is 17.4 Å². The lowest BCUT2D eigenvalue weighted by Crippen LogP contribution is -2.10. The Kier molecular flexibility index (Phi) is 14.9. The van der Waals surface area contributed by atoms with Gasteiger partial charge in [-0.05, 0) is 37.5 Å². The molecule has 2 rings (SSSR count). The van der Waals surface area contributed by atoms with Crippen molar-refractivity contribution in [1.29, 1.82) is 0 Å². The van der Waals surface area contributed by atoms with Crippen molar-refractivity contribution in [1.82, 2.24) is 10.1 Å². The van der Waals surface area contributed by atoms with Gasteiger partial charge in [-0.3, -0.25) is 0 Å². The topological polar surface area (TPSA) is 48.2 Å². The molecule has 202 valence electrons. The zero-order valence-corrected chi connectivity index (χ0v) is 22.6. The molecule has 1 heterocycles. The minimum Gasteiger partial charge on any atom is -0.493 e. The second-order valence-corrected chi connectivity index (χ2v) is 9.30. The standard InChI is InChI=1S/C23H33F3N2O2.C6H10/c1-4-6-8-9-10-11-15-29-20-14-13-18(16-19(20)23(24,25)26)21-27-22(30-28-21)17(3)12-7-5-2;1-4-6(3)5-2/h13-14,16-17H,4-12,15H2,1-3H3;1,6H,5H2,2-3H3. The lowest BCUT2D eigenvalue weighted by atomic mass is 10.0. The summed E-state index contributed by atoms with van der Waals surface area (Å²) < 4.78 is 51.5. The first-order chi connectivity index (χ1) is 17.2. The molecule has 2 atom stereocenters. The van der Waals surface area contributed by atoms with Gasteiger partial charge in [-0.1, -0.05) is 84.7 Å². The molecule has 0 N–H and O–H groups in total. The third-order valence-corrected chi connectivity index (χ3v) is 6.05. The summed E-state index contributed by atoms with van der Waals surface area (Å²) in [7, 11) is 0. The van der Waals surface area contributed by atoms with Crippen LogP contribution in [0.4, 0.5) is 13.2 Å². The molecule has 36 heavy (non-hydrogen) atoms. The van der Waals surface area contributed by atoms with Crippen LogP contribution in [0.5, 0.6) is 5.75 Å². The Balaban J connectivity index is 0.000000960. The molecule has 2 aromatic rings. The zero-order valence-electron chi connectivity index (χ0n) is 22.6. The number of alkyl halides is 3. The van der Waals surface area contributed by atoms with E-state index in [4.69, 9.17) is 15.7 Å². The summed E-state index contributed by atoms with van der Waals surface area (Å²) in [6.45, 7) is 10.6. The van der Waals surface area contributed by atoms with Crippen LogP contribution in [0, 0.1) is 18.3 Å². The molecule has 0 saturated heterocycles. The molecular weight excluding hydrogens is 465 g/mol. The van der Waals surface area contributed by atoms with E-state index < -0.39 is 11.7 Å². The molecule has 7 heteroatoms. The molecule has 0 spiro atoms. The smallest absolute Gasteiger partial charge is 0.419 e. The van der Waals surface area contributed by atoms with Crippen LogP contribution >= 0.6 is 0 Å². The molecule has 0 amide bonds. The van der Waals surface area contributed by atoms with Gasteiger partial charge in [0.15, 0.2) is 0 Å². The van der Waals surface area contributed by atoms with E-state index in [9.17, 15) is 13.2 Å². The molecule has 0 aliphatic carbocycles. The van der Waals surface area contributed by atoms with Gasteiger partial charge in [-0.25, -0.2) is 0 Å². The van der Waals surface area contributed by atoms with E-state index in [0.29, 0.717) is 11.8 Å². The summed E-state index contributed by atoms with van der Waals surface area (Å²) >= 11 is 0. The Hall–Kier alpha value is -2.49. The Morgan fingerprint density at radius 1 is 1.00 bits per heavy atom. The van der Waals surface area contributed by atoms with Crippen LogP contribution in [0.3, 0.4) is 0 Å². The molecule has 4 nitrogen and oxygen atoms in total. The van der Waals surface area contributed by atoms with Gasteiger partial charge in [0.25, 0.3) is 0 Å². The molecule has 1 aromatic heterocycles. The van der Waals surface area contributed by atoms with Crippen LogP contribution in [-0.2, 0) is 6.18 Å². The van der Waals surface area contributed by atoms with Crippen molar-refractivity contribution in [2.24, 2.45) is 5.92 Å². The minimum absolute atomic E-state index is 0.0771. The highest BCUT2D eigenvalue weighted by molar-refractivity contribution is 5.59. The van der Waals surface area contributed by atoms with E-state index >= 15 is 0 Å². The number of halogens is 3. The van der Waals surface area contributed by atoms with Crippen molar-refractivity contribution >= 4 is 0 Å². The number of hydrogen-bond acceptors (Lipinski definition) is 4. The van der Waals surface area contributed by atoms with Crippen molar-refractivity contribution in [3.05, 3.63) is 29.7 Å². The van der Waals surface area contributed by atoms with E-state index in [1.807, 2.05) is 13.8 Å². The van der Waals surface area contributed by atoms with Crippen LogP contribution in [0.2, 0.25) is 0 Å². The Morgan fingerprint density at radius 2 is 1.67 bits per heavy atom. The van der Waals surface area contributed by atoms with Gasteiger partial charge < -0.3 is 9.26 Å². The second-order valence-electron chi connectivity index (χ2n) is 9.30. The Labute approximate surface area is 215 Å². The molecule has 0 saturated carbocycles. The van der Waals surface area contributed by atoms with Gasteiger partial charge in [-0.2, -0.15) is 18.2 Å². The van der Waals surface area contributed by atoms with E-state index in [0.717, 1.165) is 63.9 Å². The fourth-order valence-electron chi connectivity index (χ4n) is 3.39. The average molecular weight is 509 g/mol. The zero-order chi connectivity index (χ0) is 27.0. The molecule has 0 bridgehead atoms. The summed E-state index contributed by atoms with van der Waals surface area (Å²) in [6.07, 6.45) is 10.9. The fraction of sp³-hybridized carbons (Fsp3) is 0.655. The summed E-state index contributed by atoms with van der Waals surface area (Å²) in [6, 6.07) is 3.95. The third kappa shape index (κ3) is 11.5. The number of hydrogen-bond donors (Lipinski definition) is 0. The maximum Gasteiger partial charge on any atom is 0.419 e. The van der Waals surface area contributed by atoms with Crippen LogP contribution in [0.15, 0.2) is 22.7 Å². The van der Waals surface area contributed by atoms with Gasteiger partial charge in [0.05, 0.1) is 12.2 Å². The molecule has 2 unspecified atom stereocenters. The predicted molar refractivity (Wildman–Crippen MR) is 140 cm³/mol. The normalized spacial score (nSPS) is 12.9. The lowest BCUT2D eigenvalue weighted by Gasteiger charge is -2.14. The van der Waals surface area contributed by atoms with Crippen molar-refractivity contribution < 1.29 is 22.4 Å². The predicted octanol–water partition coefficient (Wildman–Crippen LogP) is 9.45. The van der Waals surface area contributed by atoms with Crippen LogP contribution in [-0.4, -0.2) is 16.7 Å². The van der Waals surface area contributed by atoms with Crippen molar-refractivity contribution in [3.8, 4) is 29.5 Å². The Morgan fingerprint density at radius 3 is 2.25 bits per heavy atom. The number of terminal acetylenes is 1. The third-order valence-electron chi connectivity index (χ3n) is 6.05. The van der Waals surface area contributed by atoms with Crippen molar-refractivity contribution in [2.45, 2.75) is 111 Å². The van der Waals surface area contributed by atoms with E-state index in [1.165, 1.54) is 12.5 Å². The highest BCUT2D eigenvalue weighted by atomic mass is 19.4. The van der Waals surface area contributed by atoms with Crippen LogP contribution in [0.1, 0.15) is 116 Å². The van der Waals surface area contributed by atoms with Crippen molar-refractivity contribution in [2.75, 3.05) is 6.61 Å². The van der Waals surface area contributed by atoms with E-state index in [1.54, 1.807) is 6.07 Å². The fourth-order valence-corrected chi connectivity index (χ4v) is 3.39. The largest absolute Gasteiger partial charge is 0.493 e. The van der Waals surface area contributed by atoms with Gasteiger partial charge >= 0.3 is 6.18 Å². The summed E-state index contributed by atoms with van der Waals surface area (Å²) in [4.78, 5) is 4.31. The number of nitrogens with zero attached hydrogens (tertiary/aromatic N) is 2. The molecule has 0 radical (unpaired) electrons. The van der Waals surface area contributed by atoms with Gasteiger partial charge in [-0.15, -0.1) is 12.3 Å². The Bertz CT molecular complexity index is 903. The molecular formula is C29H43F3N2O2. The van der Waals surface area contributed by atoms with E-state index in [2.05, 4.69) is 36.8 Å². The number of ether oxygens (including phenoxy) is 1. The number of rotatable bonds is 14. The summed E-state index contributed by atoms with van der Waals surface area (Å²) in [5.74, 6) is 3.62.